The van der Waals surface area contributed by atoms with E-state index in [1.807, 2.05) is 16.7 Å². The SMILES string of the molecule is OCc1cn(Cc2cccc(Cl)c2F)c2ncccc12. The van der Waals surface area contributed by atoms with E-state index in [0.717, 1.165) is 16.6 Å². The number of aromatic nitrogens is 2. The minimum atomic E-state index is -0.419. The smallest absolute Gasteiger partial charge is 0.146 e. The van der Waals surface area contributed by atoms with Gasteiger partial charge in [0.05, 0.1) is 18.2 Å². The van der Waals surface area contributed by atoms with Gasteiger partial charge >= 0.3 is 0 Å². The Morgan fingerprint density at radius 3 is 2.85 bits per heavy atom. The molecule has 2 heterocycles. The van der Waals surface area contributed by atoms with Crippen LogP contribution in [0.3, 0.4) is 0 Å². The zero-order valence-electron chi connectivity index (χ0n) is 10.6. The number of aliphatic hydroxyl groups is 1. The van der Waals surface area contributed by atoms with Crippen molar-refractivity contribution in [2.24, 2.45) is 0 Å². The lowest BCUT2D eigenvalue weighted by atomic mass is 10.2. The Hall–Kier alpha value is -1.91. The van der Waals surface area contributed by atoms with Gasteiger partial charge in [-0.1, -0.05) is 23.7 Å². The molecule has 102 valence electrons. The van der Waals surface area contributed by atoms with Crippen molar-refractivity contribution < 1.29 is 9.50 Å². The first kappa shape index (κ1) is 13.1. The van der Waals surface area contributed by atoms with Crippen LogP contribution >= 0.6 is 11.6 Å². The van der Waals surface area contributed by atoms with Gasteiger partial charge in [-0.05, 0) is 18.2 Å². The number of benzene rings is 1. The molecule has 1 N–H and O–H groups in total. The first-order valence-corrected chi connectivity index (χ1v) is 6.55. The normalized spacial score (nSPS) is 11.2. The van der Waals surface area contributed by atoms with Gasteiger partial charge in [-0.15, -0.1) is 0 Å². The number of rotatable bonds is 3. The second-order valence-corrected chi connectivity index (χ2v) is 4.94. The number of nitrogens with zero attached hydrogens (tertiary/aromatic N) is 2. The van der Waals surface area contributed by atoms with E-state index < -0.39 is 5.82 Å². The maximum absolute atomic E-state index is 14.0. The van der Waals surface area contributed by atoms with Gasteiger partial charge in [-0.25, -0.2) is 9.37 Å². The van der Waals surface area contributed by atoms with Crippen LogP contribution in [0.5, 0.6) is 0 Å². The Morgan fingerprint density at radius 2 is 2.05 bits per heavy atom. The van der Waals surface area contributed by atoms with Gasteiger partial charge < -0.3 is 9.67 Å². The van der Waals surface area contributed by atoms with Crippen molar-refractivity contribution in [3.8, 4) is 0 Å². The summed E-state index contributed by atoms with van der Waals surface area (Å²) in [4.78, 5) is 4.29. The third-order valence-corrected chi connectivity index (χ3v) is 3.55. The molecule has 0 fully saturated rings. The molecule has 1 aromatic carbocycles. The highest BCUT2D eigenvalue weighted by Gasteiger charge is 2.12. The number of fused-ring (bicyclic) bond motifs is 1. The second kappa shape index (κ2) is 5.23. The average molecular weight is 291 g/mol. The van der Waals surface area contributed by atoms with E-state index in [4.69, 9.17) is 11.6 Å². The summed E-state index contributed by atoms with van der Waals surface area (Å²) in [5.74, 6) is -0.419. The van der Waals surface area contributed by atoms with Gasteiger partial charge in [0.1, 0.15) is 11.5 Å². The highest BCUT2D eigenvalue weighted by atomic mass is 35.5. The standard InChI is InChI=1S/C15H12ClFN2O/c16-13-5-1-3-10(14(13)17)7-19-8-11(9-20)12-4-2-6-18-15(12)19/h1-6,8,20H,7,9H2. The zero-order chi connectivity index (χ0) is 14.1. The largest absolute Gasteiger partial charge is 0.392 e. The van der Waals surface area contributed by atoms with Gasteiger partial charge in [0.25, 0.3) is 0 Å². The quantitative estimate of drug-likeness (QED) is 0.803. The molecule has 0 atom stereocenters. The van der Waals surface area contributed by atoms with Crippen LogP contribution in [0.2, 0.25) is 5.02 Å². The van der Waals surface area contributed by atoms with E-state index in [-0.39, 0.29) is 11.6 Å². The Kier molecular flexibility index (Phi) is 3.42. The van der Waals surface area contributed by atoms with Crippen molar-refractivity contribution in [3.63, 3.8) is 0 Å². The number of hydrogen-bond donors (Lipinski definition) is 1. The van der Waals surface area contributed by atoms with Crippen LogP contribution in [0.15, 0.2) is 42.7 Å². The third-order valence-electron chi connectivity index (χ3n) is 3.26. The molecule has 0 radical (unpaired) electrons. The maximum atomic E-state index is 14.0. The lowest BCUT2D eigenvalue weighted by molar-refractivity contribution is 0.283. The average Bonchev–Trinajstić information content (AvgIpc) is 2.82. The van der Waals surface area contributed by atoms with Gasteiger partial charge in [-0.2, -0.15) is 0 Å². The van der Waals surface area contributed by atoms with Crippen LogP contribution in [0.1, 0.15) is 11.1 Å². The molecule has 0 saturated heterocycles. The Bertz CT molecular complexity index is 770. The molecule has 0 unspecified atom stereocenters. The molecule has 20 heavy (non-hydrogen) atoms. The molecule has 0 amide bonds. The minimum Gasteiger partial charge on any atom is -0.392 e. The van der Waals surface area contributed by atoms with Crippen LogP contribution in [-0.2, 0) is 13.2 Å². The fourth-order valence-electron chi connectivity index (χ4n) is 2.30. The molecule has 0 aliphatic carbocycles. The zero-order valence-corrected chi connectivity index (χ0v) is 11.3. The van der Waals surface area contributed by atoms with E-state index in [1.165, 1.54) is 6.07 Å². The molecule has 5 heteroatoms. The van der Waals surface area contributed by atoms with E-state index in [1.54, 1.807) is 24.5 Å². The molecule has 3 aromatic rings. The number of hydrogen-bond acceptors (Lipinski definition) is 2. The van der Waals surface area contributed by atoms with Crippen LogP contribution in [0.25, 0.3) is 11.0 Å². The summed E-state index contributed by atoms with van der Waals surface area (Å²) in [5.41, 5.74) is 1.98. The highest BCUT2D eigenvalue weighted by molar-refractivity contribution is 6.30. The lowest BCUT2D eigenvalue weighted by Gasteiger charge is -2.07. The third kappa shape index (κ3) is 2.17. The molecule has 0 aliphatic rings. The van der Waals surface area contributed by atoms with Crippen LogP contribution in [0.4, 0.5) is 4.39 Å². The molecule has 0 aliphatic heterocycles. The lowest BCUT2D eigenvalue weighted by Crippen LogP contribution is -2.01. The van der Waals surface area contributed by atoms with Crippen molar-refractivity contribution >= 4 is 22.6 Å². The number of pyridine rings is 1. The van der Waals surface area contributed by atoms with Gasteiger partial charge in [0.2, 0.25) is 0 Å². The van der Waals surface area contributed by atoms with Gasteiger partial charge in [-0.3, -0.25) is 0 Å². The molecule has 3 rings (SSSR count). The second-order valence-electron chi connectivity index (χ2n) is 4.53. The highest BCUT2D eigenvalue weighted by Crippen LogP contribution is 2.23. The molecule has 3 nitrogen and oxygen atoms in total. The fourth-order valence-corrected chi connectivity index (χ4v) is 2.49. The van der Waals surface area contributed by atoms with Crippen LogP contribution < -0.4 is 0 Å². The Labute approximate surface area is 120 Å². The topological polar surface area (TPSA) is 38.0 Å². The van der Waals surface area contributed by atoms with Crippen molar-refractivity contribution in [1.29, 1.82) is 0 Å². The summed E-state index contributed by atoms with van der Waals surface area (Å²) in [6.07, 6.45) is 3.46. The van der Waals surface area contributed by atoms with Crippen molar-refractivity contribution in [1.82, 2.24) is 9.55 Å². The predicted molar refractivity (Wildman–Crippen MR) is 76.2 cm³/mol. The predicted octanol–water partition coefficient (Wildman–Crippen LogP) is 3.37. The van der Waals surface area contributed by atoms with E-state index in [9.17, 15) is 9.50 Å². The first-order chi connectivity index (χ1) is 9.70. The summed E-state index contributed by atoms with van der Waals surface area (Å²) in [7, 11) is 0. The molecule has 0 spiro atoms. The van der Waals surface area contributed by atoms with Crippen molar-refractivity contribution in [3.05, 3.63) is 64.7 Å². The Morgan fingerprint density at radius 1 is 1.20 bits per heavy atom. The number of aliphatic hydroxyl groups excluding tert-OH is 1. The summed E-state index contributed by atoms with van der Waals surface area (Å²) in [6, 6.07) is 8.62. The summed E-state index contributed by atoms with van der Waals surface area (Å²) >= 11 is 5.79. The number of halogens is 2. The van der Waals surface area contributed by atoms with Crippen molar-refractivity contribution in [2.75, 3.05) is 0 Å². The minimum absolute atomic E-state index is 0.0762. The van der Waals surface area contributed by atoms with Gasteiger partial charge in [0, 0.05) is 28.9 Å². The molecule has 0 bridgehead atoms. The van der Waals surface area contributed by atoms with E-state index >= 15 is 0 Å². The van der Waals surface area contributed by atoms with E-state index in [0.29, 0.717) is 12.1 Å². The molecular formula is C15H12ClFN2O. The maximum Gasteiger partial charge on any atom is 0.146 e. The van der Waals surface area contributed by atoms with E-state index in [2.05, 4.69) is 4.98 Å². The molecular weight excluding hydrogens is 279 g/mol. The monoisotopic (exact) mass is 290 g/mol. The summed E-state index contributed by atoms with van der Waals surface area (Å²) < 4.78 is 15.8. The first-order valence-electron chi connectivity index (χ1n) is 6.17. The fraction of sp³-hybridized carbons (Fsp3) is 0.133. The van der Waals surface area contributed by atoms with Crippen LogP contribution in [-0.4, -0.2) is 14.7 Å². The summed E-state index contributed by atoms with van der Waals surface area (Å²) in [6.45, 7) is 0.243. The molecule has 0 saturated carbocycles. The Balaban J connectivity index is 2.09. The van der Waals surface area contributed by atoms with Crippen LogP contribution in [0, 0.1) is 5.82 Å². The van der Waals surface area contributed by atoms with Gasteiger partial charge in [0.15, 0.2) is 0 Å². The van der Waals surface area contributed by atoms with Crippen molar-refractivity contribution in [2.45, 2.75) is 13.2 Å². The molecule has 2 aromatic heterocycles. The summed E-state index contributed by atoms with van der Waals surface area (Å²) in [5, 5.41) is 10.4.